The van der Waals surface area contributed by atoms with Gasteiger partial charge in [0.1, 0.15) is 0 Å². The molecular weight excluding hydrogens is 477 g/mol. The first-order valence-electron chi connectivity index (χ1n) is 7.90. The molecule has 0 rings (SSSR count). The van der Waals surface area contributed by atoms with E-state index in [0.29, 0.717) is 0 Å². The van der Waals surface area contributed by atoms with Gasteiger partial charge in [0.25, 0.3) is 0 Å². The second-order valence-electron chi connectivity index (χ2n) is 6.05. The summed E-state index contributed by atoms with van der Waals surface area (Å²) in [6, 6.07) is 0. The molecule has 0 aliphatic carbocycles. The van der Waals surface area contributed by atoms with Crippen LogP contribution in [0.25, 0.3) is 0 Å². The molecule has 170 valence electrons. The van der Waals surface area contributed by atoms with Crippen molar-refractivity contribution < 1.29 is 48.1 Å². The van der Waals surface area contributed by atoms with Crippen molar-refractivity contribution in [2.24, 2.45) is 0 Å². The summed E-state index contributed by atoms with van der Waals surface area (Å²) >= 11 is 10.7. The zero-order valence-electron chi connectivity index (χ0n) is 14.2. The highest BCUT2D eigenvalue weighted by atomic mass is 35.5. The molecule has 0 radical (unpaired) electrons. The lowest BCUT2D eigenvalue weighted by molar-refractivity contribution is -0.284. The van der Waals surface area contributed by atoms with Crippen LogP contribution < -0.4 is 0 Å². The Hall–Kier alpha value is 0.0300. The minimum Gasteiger partial charge on any atom is -0.259 e. The molecule has 0 spiro atoms. The summed E-state index contributed by atoms with van der Waals surface area (Å²) in [4.78, 5) is 0. The molecule has 0 heterocycles. The van der Waals surface area contributed by atoms with E-state index >= 15 is 0 Å². The normalized spacial score (nSPS) is 17.4. The summed E-state index contributed by atoms with van der Waals surface area (Å²) in [5, 5.41) is -3.94. The van der Waals surface area contributed by atoms with Crippen LogP contribution in [-0.4, -0.2) is 50.7 Å². The van der Waals surface area contributed by atoms with Crippen molar-refractivity contribution in [1.29, 1.82) is 0 Å². The minimum atomic E-state index is -5.99. The lowest BCUT2D eigenvalue weighted by atomic mass is 10.1. The molecule has 0 aliphatic rings. The molecule has 2 atom stereocenters. The van der Waals surface area contributed by atoms with Crippen LogP contribution in [-0.2, 0) is 10.8 Å². The molecule has 0 aliphatic heterocycles. The lowest BCUT2D eigenvalue weighted by Crippen LogP contribution is -2.44. The van der Waals surface area contributed by atoms with Gasteiger partial charge in [-0.25, -0.2) is 0 Å². The van der Waals surface area contributed by atoms with E-state index in [1.807, 2.05) is 0 Å². The molecule has 0 fully saturated rings. The Morgan fingerprint density at radius 3 is 1.14 bits per heavy atom. The fourth-order valence-electron chi connectivity index (χ4n) is 2.29. The summed E-state index contributed by atoms with van der Waals surface area (Å²) in [6.07, 6.45) is -17.5. The smallest absolute Gasteiger partial charge is 0.259 e. The first kappa shape index (κ1) is 28.0. The van der Waals surface area contributed by atoms with Crippen LogP contribution in [0.5, 0.6) is 0 Å². The lowest BCUT2D eigenvalue weighted by Gasteiger charge is -2.30. The van der Waals surface area contributed by atoms with Crippen LogP contribution in [0.4, 0.5) is 43.9 Å². The highest BCUT2D eigenvalue weighted by Crippen LogP contribution is 2.43. The molecule has 14 heteroatoms. The first-order valence-corrected chi connectivity index (χ1v) is 10.2. The van der Waals surface area contributed by atoms with Crippen LogP contribution in [0.3, 0.4) is 0 Å². The Kier molecular flexibility index (Phi) is 10.9. The van der Waals surface area contributed by atoms with Gasteiger partial charge in [0.15, 0.2) is 0 Å². The molecule has 0 aromatic heterocycles. The highest BCUT2D eigenvalue weighted by molar-refractivity contribution is 7.86. The topological polar surface area (TPSA) is 17.1 Å². The van der Waals surface area contributed by atoms with Crippen LogP contribution in [0, 0.1) is 0 Å². The van der Waals surface area contributed by atoms with Gasteiger partial charge in [0.05, 0.1) is 0 Å². The monoisotopic (exact) mass is 494 g/mol. The average molecular weight is 495 g/mol. The summed E-state index contributed by atoms with van der Waals surface area (Å²) in [5.41, 5.74) is 0. The Labute approximate surface area is 167 Å². The summed E-state index contributed by atoms with van der Waals surface area (Å²) in [7, 11) is -2.84. The van der Waals surface area contributed by atoms with Gasteiger partial charge in [-0.1, -0.05) is 0 Å². The third-order valence-electron chi connectivity index (χ3n) is 3.77. The van der Waals surface area contributed by atoms with Gasteiger partial charge in [-0.05, 0) is 25.7 Å². The number of hydrogen-bond donors (Lipinski definition) is 0. The van der Waals surface area contributed by atoms with Gasteiger partial charge in [-0.15, -0.1) is 23.2 Å². The fourth-order valence-corrected chi connectivity index (χ4v) is 4.68. The predicted molar refractivity (Wildman–Crippen MR) is 86.9 cm³/mol. The van der Waals surface area contributed by atoms with E-state index in [0.717, 1.165) is 0 Å². The molecule has 0 aromatic carbocycles. The predicted octanol–water partition coefficient (Wildman–Crippen LogP) is 6.69. The molecule has 0 amide bonds. The largest absolute Gasteiger partial charge is 0.453 e. The Morgan fingerprint density at radius 1 is 0.643 bits per heavy atom. The second kappa shape index (κ2) is 10.9. The first-order chi connectivity index (χ1) is 12.5. The van der Waals surface area contributed by atoms with E-state index in [9.17, 15) is 48.1 Å². The van der Waals surface area contributed by atoms with Crippen molar-refractivity contribution in [3.05, 3.63) is 0 Å². The maximum absolute atomic E-state index is 13.4. The van der Waals surface area contributed by atoms with Gasteiger partial charge >= 0.3 is 24.2 Å². The Balaban J connectivity index is 5.69. The van der Waals surface area contributed by atoms with E-state index < -0.39 is 71.2 Å². The summed E-state index contributed by atoms with van der Waals surface area (Å²) < 4.78 is 141. The molecule has 1 nitrogen and oxygen atoms in total. The number of hydrogen-bond acceptors (Lipinski definition) is 1. The van der Waals surface area contributed by atoms with E-state index in [1.165, 1.54) is 0 Å². The second-order valence-corrected chi connectivity index (χ2v) is 8.79. The Morgan fingerprint density at radius 2 is 0.929 bits per heavy atom. The molecular formula is C14H18Cl2F10OS. The van der Waals surface area contributed by atoms with Crippen molar-refractivity contribution in [1.82, 2.24) is 0 Å². The molecule has 0 N–H and O–H groups in total. The average Bonchev–Trinajstić information content (AvgIpc) is 2.52. The van der Waals surface area contributed by atoms with Crippen LogP contribution in [0.2, 0.25) is 0 Å². The van der Waals surface area contributed by atoms with E-state index in [-0.39, 0.29) is 24.6 Å². The summed E-state index contributed by atoms with van der Waals surface area (Å²) in [5.74, 6) is -11.0. The van der Waals surface area contributed by atoms with Crippen LogP contribution in [0.15, 0.2) is 0 Å². The van der Waals surface area contributed by atoms with Crippen molar-refractivity contribution in [2.75, 3.05) is 11.8 Å². The van der Waals surface area contributed by atoms with Gasteiger partial charge in [-0.3, -0.25) is 4.21 Å². The fraction of sp³-hybridized carbons (Fsp3) is 1.00. The van der Waals surface area contributed by atoms with Gasteiger partial charge < -0.3 is 0 Å². The molecule has 0 aromatic rings. The summed E-state index contributed by atoms with van der Waals surface area (Å²) in [6.45, 7) is 0. The third kappa shape index (κ3) is 8.41. The molecule has 28 heavy (non-hydrogen) atoms. The molecule has 2 unspecified atom stereocenters. The quantitative estimate of drug-likeness (QED) is 0.218. The van der Waals surface area contributed by atoms with Crippen molar-refractivity contribution in [3.63, 3.8) is 0 Å². The van der Waals surface area contributed by atoms with Gasteiger partial charge in [0, 0.05) is 45.9 Å². The number of halogens is 12. The molecule has 0 saturated heterocycles. The maximum atomic E-state index is 13.4. The zero-order chi connectivity index (χ0) is 22.4. The number of alkyl halides is 12. The molecule has 0 saturated carbocycles. The van der Waals surface area contributed by atoms with E-state index in [1.54, 1.807) is 0 Å². The maximum Gasteiger partial charge on any atom is 0.453 e. The van der Waals surface area contributed by atoms with Gasteiger partial charge in [-0.2, -0.15) is 43.9 Å². The molecule has 0 bridgehead atoms. The van der Waals surface area contributed by atoms with Crippen LogP contribution >= 0.6 is 23.2 Å². The van der Waals surface area contributed by atoms with Crippen molar-refractivity contribution >= 4 is 34.0 Å². The van der Waals surface area contributed by atoms with Gasteiger partial charge in [0.2, 0.25) is 0 Å². The van der Waals surface area contributed by atoms with Crippen molar-refractivity contribution in [3.8, 4) is 0 Å². The highest BCUT2D eigenvalue weighted by Gasteiger charge is 2.60. The van der Waals surface area contributed by atoms with E-state index in [2.05, 4.69) is 0 Å². The SMILES string of the molecule is O=S(C(CCCCl)CC(F)(F)C(F)(F)F)C(CCCCl)CC(F)(F)C(F)(F)F. The van der Waals surface area contributed by atoms with Crippen molar-refractivity contribution in [2.45, 2.75) is 73.2 Å². The number of rotatable bonds is 12. The minimum absolute atomic E-state index is 0.177. The third-order valence-corrected chi connectivity index (χ3v) is 6.43. The standard InChI is InChI=1S/C14H18Cl2F10OS/c15-5-1-3-9(7-11(17,18)13(21,22)23)28(27)10(4-2-6-16)8-12(19,20)14(24,25)26/h9-10H,1-8H2. The Bertz CT molecular complexity index is 453. The zero-order valence-corrected chi connectivity index (χ0v) is 16.5. The van der Waals surface area contributed by atoms with E-state index in [4.69, 9.17) is 23.2 Å². The van der Waals surface area contributed by atoms with Crippen LogP contribution in [0.1, 0.15) is 38.5 Å².